The highest BCUT2D eigenvalue weighted by molar-refractivity contribution is 5.79. The fourth-order valence-electron chi connectivity index (χ4n) is 3.50. The molecule has 1 saturated carbocycles. The maximum absolute atomic E-state index is 12.4. The van der Waals surface area contributed by atoms with Gasteiger partial charge in [0.2, 0.25) is 5.91 Å². The lowest BCUT2D eigenvalue weighted by molar-refractivity contribution is -0.126. The summed E-state index contributed by atoms with van der Waals surface area (Å²) in [6.07, 6.45) is 6.62. The van der Waals surface area contributed by atoms with E-state index in [2.05, 4.69) is 20.9 Å². The van der Waals surface area contributed by atoms with Gasteiger partial charge in [0.05, 0.1) is 7.11 Å². The number of amides is 3. The summed E-state index contributed by atoms with van der Waals surface area (Å²) < 4.78 is 5.13. The smallest absolute Gasteiger partial charge is 0.315 e. The third-order valence-electron chi connectivity index (χ3n) is 5.26. The van der Waals surface area contributed by atoms with Crippen molar-refractivity contribution in [3.63, 3.8) is 0 Å². The highest BCUT2D eigenvalue weighted by Gasteiger charge is 2.26. The first-order valence-electron chi connectivity index (χ1n) is 9.98. The predicted molar refractivity (Wildman–Crippen MR) is 110 cm³/mol. The molecule has 1 aromatic heterocycles. The van der Waals surface area contributed by atoms with Gasteiger partial charge in [0.15, 0.2) is 0 Å². The number of aromatic nitrogens is 1. The number of rotatable bonds is 7. The average molecular weight is 396 g/mol. The molecule has 1 aliphatic carbocycles. The molecule has 0 aliphatic heterocycles. The van der Waals surface area contributed by atoms with Crippen LogP contribution in [0.5, 0.6) is 5.75 Å². The molecule has 1 fully saturated rings. The van der Waals surface area contributed by atoms with E-state index >= 15 is 0 Å². The molecule has 0 bridgehead atoms. The van der Waals surface area contributed by atoms with E-state index in [9.17, 15) is 9.59 Å². The van der Waals surface area contributed by atoms with Crippen LogP contribution < -0.4 is 20.7 Å². The van der Waals surface area contributed by atoms with Crippen molar-refractivity contribution in [3.8, 4) is 5.75 Å². The number of pyridine rings is 1. The lowest BCUT2D eigenvalue weighted by atomic mass is 9.85. The molecule has 7 nitrogen and oxygen atoms in total. The van der Waals surface area contributed by atoms with Crippen LogP contribution in [0, 0.1) is 5.92 Å². The zero-order valence-electron chi connectivity index (χ0n) is 16.7. The second-order valence-electron chi connectivity index (χ2n) is 7.30. The normalized spacial score (nSPS) is 18.5. The van der Waals surface area contributed by atoms with Crippen LogP contribution in [0.25, 0.3) is 0 Å². The number of nitrogens with zero attached hydrogens (tertiary/aromatic N) is 1. The Morgan fingerprint density at radius 1 is 0.931 bits per heavy atom. The Kier molecular flexibility index (Phi) is 7.44. The van der Waals surface area contributed by atoms with Gasteiger partial charge in [-0.05, 0) is 61.1 Å². The van der Waals surface area contributed by atoms with Crippen molar-refractivity contribution >= 4 is 11.9 Å². The Hall–Kier alpha value is -3.09. The molecule has 0 saturated heterocycles. The predicted octanol–water partition coefficient (Wildman–Crippen LogP) is 2.76. The van der Waals surface area contributed by atoms with E-state index in [4.69, 9.17) is 4.74 Å². The highest BCUT2D eigenvalue weighted by Crippen LogP contribution is 2.24. The third kappa shape index (κ3) is 6.48. The molecule has 7 heteroatoms. The minimum atomic E-state index is -0.175. The highest BCUT2D eigenvalue weighted by atomic mass is 16.5. The van der Waals surface area contributed by atoms with Gasteiger partial charge in [-0.1, -0.05) is 12.1 Å². The fourth-order valence-corrected chi connectivity index (χ4v) is 3.50. The van der Waals surface area contributed by atoms with Crippen molar-refractivity contribution < 1.29 is 14.3 Å². The van der Waals surface area contributed by atoms with Crippen LogP contribution in [0.1, 0.15) is 36.8 Å². The molecule has 3 N–H and O–H groups in total. The number of methoxy groups -OCH3 is 1. The van der Waals surface area contributed by atoms with Gasteiger partial charge in [-0.15, -0.1) is 0 Å². The number of carbonyl (C=O) groups is 2. The molecule has 1 aliphatic rings. The average Bonchev–Trinajstić information content (AvgIpc) is 2.77. The number of ether oxygens (including phenoxy) is 1. The van der Waals surface area contributed by atoms with Gasteiger partial charge in [-0.2, -0.15) is 0 Å². The van der Waals surface area contributed by atoms with E-state index in [1.807, 2.05) is 36.4 Å². The van der Waals surface area contributed by atoms with Gasteiger partial charge in [-0.3, -0.25) is 9.78 Å². The molecule has 3 rings (SSSR count). The number of benzene rings is 1. The molecular weight excluding hydrogens is 368 g/mol. The Labute approximate surface area is 171 Å². The van der Waals surface area contributed by atoms with E-state index < -0.39 is 0 Å². The van der Waals surface area contributed by atoms with E-state index in [1.165, 1.54) is 0 Å². The zero-order chi connectivity index (χ0) is 20.5. The van der Waals surface area contributed by atoms with Crippen LogP contribution in [-0.4, -0.2) is 30.1 Å². The van der Waals surface area contributed by atoms with Gasteiger partial charge in [-0.25, -0.2) is 4.79 Å². The second-order valence-corrected chi connectivity index (χ2v) is 7.30. The first-order chi connectivity index (χ1) is 14.1. The molecule has 0 spiro atoms. The first kappa shape index (κ1) is 20.6. The van der Waals surface area contributed by atoms with Crippen LogP contribution >= 0.6 is 0 Å². The molecule has 1 aromatic carbocycles. The maximum Gasteiger partial charge on any atom is 0.315 e. The molecule has 29 heavy (non-hydrogen) atoms. The minimum Gasteiger partial charge on any atom is -0.497 e. The summed E-state index contributed by atoms with van der Waals surface area (Å²) >= 11 is 0. The first-order valence-corrected chi connectivity index (χ1v) is 9.98. The Balaban J connectivity index is 1.34. The summed E-state index contributed by atoms with van der Waals surface area (Å²) in [5, 5.41) is 8.89. The minimum absolute atomic E-state index is 0.0113. The standard InChI is InChI=1S/C22H28N4O3/c1-29-20-8-2-16(3-9-20)15-25-22(28)26-19-6-4-18(5-7-19)21(27)24-14-17-10-12-23-13-11-17/h2-3,8-13,18-19H,4-7,14-15H2,1H3,(H,24,27)(H2,25,26,28). The molecule has 2 aromatic rings. The number of carbonyl (C=O) groups excluding carboxylic acids is 2. The van der Waals surface area contributed by atoms with Crippen molar-refractivity contribution in [2.75, 3.05) is 7.11 Å². The quantitative estimate of drug-likeness (QED) is 0.671. The molecule has 3 amide bonds. The summed E-state index contributed by atoms with van der Waals surface area (Å²) in [7, 11) is 1.63. The van der Waals surface area contributed by atoms with E-state index in [0.717, 1.165) is 42.6 Å². The third-order valence-corrected chi connectivity index (χ3v) is 5.26. The molecule has 1 heterocycles. The lowest BCUT2D eigenvalue weighted by Gasteiger charge is -2.28. The number of urea groups is 1. The molecule has 0 atom stereocenters. The molecular formula is C22H28N4O3. The van der Waals surface area contributed by atoms with E-state index in [0.29, 0.717) is 13.1 Å². The van der Waals surface area contributed by atoms with Gasteiger partial charge in [0, 0.05) is 37.4 Å². The zero-order valence-corrected chi connectivity index (χ0v) is 16.7. The van der Waals surface area contributed by atoms with Crippen molar-refractivity contribution in [1.29, 1.82) is 0 Å². The van der Waals surface area contributed by atoms with E-state index in [-0.39, 0.29) is 23.9 Å². The van der Waals surface area contributed by atoms with Crippen LogP contribution in [0.2, 0.25) is 0 Å². The van der Waals surface area contributed by atoms with Gasteiger partial charge >= 0.3 is 6.03 Å². The van der Waals surface area contributed by atoms with Crippen molar-refractivity contribution in [3.05, 3.63) is 59.9 Å². The number of hydrogen-bond donors (Lipinski definition) is 3. The fraction of sp³-hybridized carbons (Fsp3) is 0.409. The SMILES string of the molecule is COc1ccc(CNC(=O)NC2CCC(C(=O)NCc3ccncc3)CC2)cc1. The molecule has 0 unspecified atom stereocenters. The Morgan fingerprint density at radius 3 is 2.21 bits per heavy atom. The van der Waals surface area contributed by atoms with Gasteiger partial charge in [0.1, 0.15) is 5.75 Å². The second kappa shape index (κ2) is 10.5. The van der Waals surface area contributed by atoms with Crippen LogP contribution in [0.4, 0.5) is 4.79 Å². The van der Waals surface area contributed by atoms with Crippen molar-refractivity contribution in [2.24, 2.45) is 5.92 Å². The van der Waals surface area contributed by atoms with Crippen LogP contribution in [-0.2, 0) is 17.9 Å². The lowest BCUT2D eigenvalue weighted by Crippen LogP contribution is -2.44. The van der Waals surface area contributed by atoms with Crippen LogP contribution in [0.3, 0.4) is 0 Å². The summed E-state index contributed by atoms with van der Waals surface area (Å²) in [6, 6.07) is 11.3. The summed E-state index contributed by atoms with van der Waals surface area (Å²) in [5.41, 5.74) is 2.05. The largest absolute Gasteiger partial charge is 0.497 e. The summed E-state index contributed by atoms with van der Waals surface area (Å²) in [5.74, 6) is 0.890. The maximum atomic E-state index is 12.4. The van der Waals surface area contributed by atoms with Gasteiger partial charge < -0.3 is 20.7 Å². The molecule has 154 valence electrons. The Bertz CT molecular complexity index is 787. The van der Waals surface area contributed by atoms with Crippen molar-refractivity contribution in [2.45, 2.75) is 44.8 Å². The topological polar surface area (TPSA) is 92.4 Å². The summed E-state index contributed by atoms with van der Waals surface area (Å²) in [6.45, 7) is 0.982. The van der Waals surface area contributed by atoms with Crippen LogP contribution in [0.15, 0.2) is 48.8 Å². The number of hydrogen-bond acceptors (Lipinski definition) is 4. The Morgan fingerprint density at radius 2 is 1.55 bits per heavy atom. The van der Waals surface area contributed by atoms with Gasteiger partial charge in [0.25, 0.3) is 0 Å². The molecule has 0 radical (unpaired) electrons. The summed E-state index contributed by atoms with van der Waals surface area (Å²) in [4.78, 5) is 28.5. The number of nitrogens with one attached hydrogen (secondary N) is 3. The van der Waals surface area contributed by atoms with Crippen molar-refractivity contribution in [1.82, 2.24) is 20.9 Å². The monoisotopic (exact) mass is 396 g/mol. The van der Waals surface area contributed by atoms with E-state index in [1.54, 1.807) is 19.5 Å².